The molecule has 0 spiro atoms. The number of para-hydroxylation sites is 5. The Morgan fingerprint density at radius 3 is 1.29 bits per heavy atom. The number of anilines is 8. The summed E-state index contributed by atoms with van der Waals surface area (Å²) in [7, 11) is 16.7. The molecule has 0 saturated heterocycles. The number of hydrogen-bond acceptors (Lipinski definition) is 12. The highest BCUT2D eigenvalue weighted by molar-refractivity contribution is 5.85. The standard InChI is InChI=1S/2C24H35N6.C20H25N4O.C16H23N4O/c1-16(2)28-15-23(27(9)18(28)4)29-19(5)30(21-13-11-10-12-20(21)29)24(6,7)22-14-25-17(3)26(22)8;1-16(2)28-15-23(26(8)18(28)4)29-19(5)30(21-13-11-10-12-20(21)29)24(6,7)22-14-17(3)25-27(22)9;1-15-23(19-21(4)12-13-25-19)10-11-24(15)20(2,3)18-14-16-8-6-7-9-17(16)22(18)5;1-13-19(15-18(5)11-12-21-15)9-10-20(13)16(2,3)14-7-6-8-17(14)4/h2*10-16,19H,1-9H3;6-15H,1-5H3;6-13H,1-5H3/q4*+1/t2*19-;15-;13-/m1111/s1. The molecule has 0 radical (unpaired) electrons. The molecule has 12 heterocycles. The number of aromatic nitrogens is 12. The molecule has 8 aromatic heterocycles. The largest absolute Gasteiger partial charge is 0.462 e. The van der Waals surface area contributed by atoms with Crippen LogP contribution in [0, 0.1) is 27.7 Å². The molecule has 15 rings (SSSR count). The molecule has 0 bridgehead atoms. The van der Waals surface area contributed by atoms with E-state index in [-0.39, 0.29) is 46.8 Å². The number of hydrogen-bond donors (Lipinski definition) is 0. The first-order chi connectivity index (χ1) is 50.0. The third kappa shape index (κ3) is 12.7. The molecular weight excluding hydrogens is 1320 g/mol. The lowest BCUT2D eigenvalue weighted by atomic mass is 9.96. The Labute approximate surface area is 629 Å². The van der Waals surface area contributed by atoms with E-state index in [0.29, 0.717) is 12.1 Å². The number of rotatable bonds is 14. The zero-order valence-electron chi connectivity index (χ0n) is 68.4. The van der Waals surface area contributed by atoms with Crippen molar-refractivity contribution in [3.05, 3.63) is 218 Å². The topological polar surface area (TPSA) is 123 Å². The number of fused-ring (bicyclic) bond motifs is 3. The highest BCUT2D eigenvalue weighted by Gasteiger charge is 2.49. The lowest BCUT2D eigenvalue weighted by Crippen LogP contribution is -2.50. The smallest absolute Gasteiger partial charge is 0.396 e. The second kappa shape index (κ2) is 28.2. The predicted molar refractivity (Wildman–Crippen MR) is 424 cm³/mol. The molecule has 4 aliphatic rings. The summed E-state index contributed by atoms with van der Waals surface area (Å²) < 4.78 is 33.3. The van der Waals surface area contributed by atoms with Gasteiger partial charge in [-0.25, -0.2) is 32.4 Å². The first-order valence-electron chi connectivity index (χ1n) is 37.5. The average molecular weight is 1440 g/mol. The molecule has 0 aliphatic carbocycles. The van der Waals surface area contributed by atoms with Crippen LogP contribution in [-0.4, -0.2) is 72.1 Å². The molecule has 4 atom stereocenters. The predicted octanol–water partition coefficient (Wildman–Crippen LogP) is 14.8. The van der Waals surface area contributed by atoms with Gasteiger partial charge in [0.25, 0.3) is 11.6 Å². The van der Waals surface area contributed by atoms with Crippen LogP contribution in [0.15, 0.2) is 180 Å². The molecule has 562 valence electrons. The summed E-state index contributed by atoms with van der Waals surface area (Å²) in [6.45, 7) is 44.6. The lowest BCUT2D eigenvalue weighted by Gasteiger charge is -2.41. The zero-order chi connectivity index (χ0) is 76.9. The minimum atomic E-state index is -0.228. The van der Waals surface area contributed by atoms with Crippen LogP contribution in [0.2, 0.25) is 0 Å². The molecule has 0 unspecified atom stereocenters. The first-order valence-corrected chi connectivity index (χ1v) is 37.5. The fraction of sp³-hybridized carbons (Fsp3) is 0.452. The van der Waals surface area contributed by atoms with Gasteiger partial charge in [0.1, 0.15) is 55.5 Å². The summed E-state index contributed by atoms with van der Waals surface area (Å²) in [5.41, 5.74) is 11.6. The fourth-order valence-electron chi connectivity index (χ4n) is 17.4. The number of benzene rings is 3. The van der Waals surface area contributed by atoms with Crippen molar-refractivity contribution in [2.75, 3.05) is 29.4 Å². The van der Waals surface area contributed by atoms with Crippen molar-refractivity contribution in [1.82, 2.24) is 47.4 Å². The lowest BCUT2D eigenvalue weighted by molar-refractivity contribution is -0.721. The molecule has 4 aliphatic heterocycles. The number of nitrogens with zero attached hydrogens (tertiary/aromatic N) is 20. The summed E-state index contributed by atoms with van der Waals surface area (Å²) in [4.78, 5) is 23.6. The maximum Gasteiger partial charge on any atom is 0.462 e. The van der Waals surface area contributed by atoms with Gasteiger partial charge in [-0.2, -0.15) is 14.9 Å². The fourth-order valence-corrected chi connectivity index (χ4v) is 17.4. The normalized spacial score (nSPS) is 17.4. The van der Waals surface area contributed by atoms with Crippen LogP contribution < -0.4 is 47.7 Å². The number of aryl methyl sites for hydroxylation is 7. The van der Waals surface area contributed by atoms with Crippen molar-refractivity contribution in [3.8, 4) is 0 Å². The Morgan fingerprint density at radius 1 is 0.462 bits per heavy atom. The summed E-state index contributed by atoms with van der Waals surface area (Å²) in [5.74, 6) is 5.96. The highest BCUT2D eigenvalue weighted by Crippen LogP contribution is 2.52. The van der Waals surface area contributed by atoms with Crippen LogP contribution >= 0.6 is 0 Å². The van der Waals surface area contributed by atoms with Crippen LogP contribution in [0.25, 0.3) is 10.9 Å². The summed E-state index contributed by atoms with van der Waals surface area (Å²) >= 11 is 0. The van der Waals surface area contributed by atoms with E-state index in [4.69, 9.17) is 8.83 Å². The van der Waals surface area contributed by atoms with E-state index in [2.05, 4.69) is 395 Å². The molecule has 0 saturated carbocycles. The molecule has 22 heteroatoms. The first kappa shape index (κ1) is 75.3. The van der Waals surface area contributed by atoms with E-state index in [1.54, 1.807) is 12.5 Å². The highest BCUT2D eigenvalue weighted by atomic mass is 16.4. The van der Waals surface area contributed by atoms with Crippen molar-refractivity contribution in [3.63, 3.8) is 0 Å². The quantitative estimate of drug-likeness (QED) is 0.0963. The van der Waals surface area contributed by atoms with E-state index in [9.17, 15) is 0 Å². The molecular formula is C84H118N20O2+4. The van der Waals surface area contributed by atoms with Gasteiger partial charge in [-0.15, -0.1) is 0 Å². The maximum absolute atomic E-state index is 5.66. The minimum Gasteiger partial charge on any atom is -0.396 e. The van der Waals surface area contributed by atoms with Gasteiger partial charge < -0.3 is 42.1 Å². The van der Waals surface area contributed by atoms with Crippen molar-refractivity contribution < 1.29 is 27.1 Å². The van der Waals surface area contributed by atoms with Gasteiger partial charge in [-0.3, -0.25) is 14.5 Å². The van der Waals surface area contributed by atoms with Crippen LogP contribution in [-0.2, 0) is 78.5 Å². The molecule has 0 N–H and O–H groups in total. The third-order valence-electron chi connectivity index (χ3n) is 23.3. The van der Waals surface area contributed by atoms with Crippen molar-refractivity contribution in [1.29, 1.82) is 0 Å². The minimum absolute atomic E-state index is 0.103. The SMILES string of the molecule is C[C@@H]1N(c2occ[n+]2C)C=CN1C(C)(C)c1cc2ccccc2n1C.C[C@@H]1N(c2occ[n+]2C)C=CN1C(C)(C)c1cccn1C.Cc1cc(C(C)(C)N2c3ccccc3N(c3c[n+](C(C)C)c(C)n3C)[C@H]2C)n(C)n1.Cc1ncc(C(C)(C)N2c3ccccc3N(c3c[n+](C(C)C)c(C)n3C)[C@H]2C)n1C. The van der Waals surface area contributed by atoms with Gasteiger partial charge in [0.15, 0.2) is 24.7 Å². The summed E-state index contributed by atoms with van der Waals surface area (Å²) in [5, 5.41) is 5.90. The van der Waals surface area contributed by atoms with E-state index in [1.165, 1.54) is 79.7 Å². The molecule has 3 aromatic carbocycles. The van der Waals surface area contributed by atoms with E-state index < -0.39 is 0 Å². The van der Waals surface area contributed by atoms with Crippen LogP contribution in [0.4, 0.5) is 46.4 Å². The van der Waals surface area contributed by atoms with E-state index in [1.807, 2.05) is 53.5 Å². The van der Waals surface area contributed by atoms with Gasteiger partial charge in [0.05, 0.1) is 108 Å². The molecule has 11 aromatic rings. The molecule has 0 fully saturated rings. The Balaban J connectivity index is 0.000000134. The second-order valence-corrected chi connectivity index (χ2v) is 31.9. The van der Waals surface area contributed by atoms with Gasteiger partial charge in [0.2, 0.25) is 11.6 Å². The monoisotopic (exact) mass is 1440 g/mol. The number of oxazole rings is 2. The summed E-state index contributed by atoms with van der Waals surface area (Å²) in [6, 6.07) is 37.3. The van der Waals surface area contributed by atoms with E-state index in [0.717, 1.165) is 23.5 Å². The van der Waals surface area contributed by atoms with Crippen molar-refractivity contribution in [2.45, 2.75) is 197 Å². The Bertz CT molecular complexity index is 4900. The second-order valence-electron chi connectivity index (χ2n) is 31.9. The summed E-state index contributed by atoms with van der Waals surface area (Å²) in [6.07, 6.45) is 25.1. The van der Waals surface area contributed by atoms with Gasteiger partial charge >= 0.3 is 12.0 Å². The Kier molecular flexibility index (Phi) is 20.0. The third-order valence-corrected chi connectivity index (χ3v) is 23.3. The van der Waals surface area contributed by atoms with Crippen molar-refractivity contribution >= 4 is 57.3 Å². The number of imidazole rings is 3. The zero-order valence-corrected chi connectivity index (χ0v) is 68.4. The van der Waals surface area contributed by atoms with E-state index >= 15 is 0 Å². The van der Waals surface area contributed by atoms with Crippen LogP contribution in [0.3, 0.4) is 0 Å². The van der Waals surface area contributed by atoms with Gasteiger partial charge in [-0.1, -0.05) is 42.5 Å². The Hall–Kier alpha value is -10.4. The van der Waals surface area contributed by atoms with Gasteiger partial charge in [-0.05, 0) is 185 Å². The van der Waals surface area contributed by atoms with Crippen molar-refractivity contribution in [2.24, 2.45) is 56.4 Å². The molecule has 22 nitrogen and oxygen atoms in total. The van der Waals surface area contributed by atoms with Gasteiger partial charge in [0, 0.05) is 77.5 Å². The maximum atomic E-state index is 5.66. The van der Waals surface area contributed by atoms with Crippen LogP contribution in [0.5, 0.6) is 0 Å². The average Bonchev–Trinajstić information content (AvgIpc) is 1.58. The molecule has 0 amide bonds. The molecule has 106 heavy (non-hydrogen) atoms. The van der Waals surface area contributed by atoms with Crippen LogP contribution in [0.1, 0.15) is 169 Å². The Morgan fingerprint density at radius 2 is 0.906 bits per heavy atom.